The third-order valence-corrected chi connectivity index (χ3v) is 7.69. The van der Waals surface area contributed by atoms with Gasteiger partial charge in [-0.25, -0.2) is 8.42 Å². The lowest BCUT2D eigenvalue weighted by molar-refractivity contribution is -0.124. The molecule has 0 bridgehead atoms. The Balaban J connectivity index is 2.03. The van der Waals surface area contributed by atoms with Crippen LogP contribution in [0.5, 0.6) is 0 Å². The Morgan fingerprint density at radius 1 is 1.33 bits per heavy atom. The van der Waals surface area contributed by atoms with E-state index in [2.05, 4.69) is 20.9 Å². The number of hydrogen-bond donors (Lipinski definition) is 0. The molecule has 3 rings (SSSR count). The maximum Gasteiger partial charge on any atom is 0.253 e. The monoisotopic (exact) mass is 430 g/mol. The molecule has 2 saturated heterocycles. The number of anilines is 1. The van der Waals surface area contributed by atoms with Gasteiger partial charge in [-0.15, -0.1) is 0 Å². The van der Waals surface area contributed by atoms with Crippen molar-refractivity contribution in [1.82, 2.24) is 0 Å². The number of benzene rings is 1. The second kappa shape index (κ2) is 6.14. The van der Waals surface area contributed by atoms with Gasteiger partial charge in [0, 0.05) is 20.8 Å². The maximum absolute atomic E-state index is 12.4. The first-order valence-corrected chi connectivity index (χ1v) is 11.1. The molecule has 0 saturated carbocycles. The number of sulfone groups is 1. The third-order valence-electron chi connectivity index (χ3n) is 3.99. The molecule has 0 unspecified atom stereocenters. The van der Waals surface area contributed by atoms with Gasteiger partial charge in [-0.05, 0) is 18.2 Å². The smallest absolute Gasteiger partial charge is 0.253 e. The molecule has 5 nitrogen and oxygen atoms in total. The highest BCUT2D eigenvalue weighted by atomic mass is 79.9. The number of thioether (sulfide) groups is 1. The van der Waals surface area contributed by atoms with Crippen molar-refractivity contribution in [2.45, 2.75) is 32.1 Å². The number of amides is 1. The topological polar surface area (TPSA) is 66.8 Å². The Bertz CT molecular complexity index is 815. The lowest BCUT2D eigenvalue weighted by atomic mass is 9.96. The molecule has 0 spiro atoms. The first-order valence-electron chi connectivity index (χ1n) is 7.62. The summed E-state index contributed by atoms with van der Waals surface area (Å²) in [7, 11) is -3.05. The molecule has 0 N–H and O–H groups in total. The van der Waals surface area contributed by atoms with Crippen LogP contribution in [-0.2, 0) is 14.6 Å². The molecule has 130 valence electrons. The standard InChI is InChI=1S/C16H19BrN2O3S2/c1-16(2,3)14(20)18-15-19(11-6-4-5-10(17)7-11)12-8-24(21,22)9-13(12)23-15/h4-7,12-13H,8-9H2,1-3H3/t12-,13-/m0/s1. The summed E-state index contributed by atoms with van der Waals surface area (Å²) in [5, 5.41) is 0.512. The van der Waals surface area contributed by atoms with Gasteiger partial charge in [0.1, 0.15) is 0 Å². The lowest BCUT2D eigenvalue weighted by Crippen LogP contribution is -2.38. The van der Waals surface area contributed by atoms with E-state index in [1.807, 2.05) is 49.9 Å². The minimum atomic E-state index is -3.05. The molecule has 0 aromatic heterocycles. The zero-order chi connectivity index (χ0) is 17.7. The molecular formula is C16H19BrN2O3S2. The summed E-state index contributed by atoms with van der Waals surface area (Å²) >= 11 is 4.85. The number of nitrogens with zero attached hydrogens (tertiary/aromatic N) is 2. The average molecular weight is 431 g/mol. The molecule has 8 heteroatoms. The van der Waals surface area contributed by atoms with E-state index >= 15 is 0 Å². The van der Waals surface area contributed by atoms with Crippen molar-refractivity contribution in [3.8, 4) is 0 Å². The highest BCUT2D eigenvalue weighted by Crippen LogP contribution is 2.41. The van der Waals surface area contributed by atoms with E-state index in [9.17, 15) is 13.2 Å². The molecule has 2 atom stereocenters. The Labute approximate surface area is 155 Å². The molecule has 0 radical (unpaired) electrons. The molecule has 1 aromatic rings. The number of carbonyl (C=O) groups excluding carboxylic acids is 1. The van der Waals surface area contributed by atoms with Crippen molar-refractivity contribution in [2.24, 2.45) is 10.4 Å². The SMILES string of the molecule is CC(C)(C)C(=O)N=C1S[C@H]2CS(=O)(=O)C[C@@H]2N1c1cccc(Br)c1. The van der Waals surface area contributed by atoms with Gasteiger partial charge in [0.2, 0.25) is 0 Å². The Morgan fingerprint density at radius 3 is 2.67 bits per heavy atom. The Kier molecular flexibility index (Phi) is 4.59. The quantitative estimate of drug-likeness (QED) is 0.684. The molecule has 2 fully saturated rings. The van der Waals surface area contributed by atoms with Gasteiger partial charge in [0.05, 0.1) is 17.5 Å². The molecule has 0 aliphatic carbocycles. The van der Waals surface area contributed by atoms with E-state index in [0.717, 1.165) is 10.2 Å². The summed E-state index contributed by atoms with van der Waals surface area (Å²) in [5.74, 6) is 0.0305. The van der Waals surface area contributed by atoms with Gasteiger partial charge in [-0.1, -0.05) is 54.5 Å². The van der Waals surface area contributed by atoms with Crippen LogP contribution in [0.2, 0.25) is 0 Å². The zero-order valence-electron chi connectivity index (χ0n) is 13.7. The fraction of sp³-hybridized carbons (Fsp3) is 0.500. The second-order valence-electron chi connectivity index (χ2n) is 7.10. The van der Waals surface area contributed by atoms with E-state index < -0.39 is 15.3 Å². The van der Waals surface area contributed by atoms with Crippen LogP contribution in [0.3, 0.4) is 0 Å². The van der Waals surface area contributed by atoms with Crippen LogP contribution in [0.25, 0.3) is 0 Å². The Morgan fingerprint density at radius 2 is 2.04 bits per heavy atom. The van der Waals surface area contributed by atoms with E-state index in [-0.39, 0.29) is 28.7 Å². The minimum Gasteiger partial charge on any atom is -0.316 e. The lowest BCUT2D eigenvalue weighted by Gasteiger charge is -2.25. The number of halogens is 1. The predicted octanol–water partition coefficient (Wildman–Crippen LogP) is 3.10. The van der Waals surface area contributed by atoms with E-state index in [1.165, 1.54) is 11.8 Å². The molecule has 1 aromatic carbocycles. The summed E-state index contributed by atoms with van der Waals surface area (Å²) in [6.07, 6.45) is 0. The molecular weight excluding hydrogens is 412 g/mol. The zero-order valence-corrected chi connectivity index (χ0v) is 16.9. The van der Waals surface area contributed by atoms with Crippen molar-refractivity contribution >= 4 is 54.3 Å². The van der Waals surface area contributed by atoms with Crippen LogP contribution in [0.4, 0.5) is 5.69 Å². The summed E-state index contributed by atoms with van der Waals surface area (Å²) in [6, 6.07) is 7.46. The summed E-state index contributed by atoms with van der Waals surface area (Å²) in [5.41, 5.74) is 0.280. The van der Waals surface area contributed by atoms with Gasteiger partial charge in [0.15, 0.2) is 15.0 Å². The number of fused-ring (bicyclic) bond motifs is 1. The van der Waals surface area contributed by atoms with Crippen molar-refractivity contribution in [3.63, 3.8) is 0 Å². The van der Waals surface area contributed by atoms with Gasteiger partial charge in [-0.2, -0.15) is 4.99 Å². The second-order valence-corrected chi connectivity index (χ2v) is 11.4. The van der Waals surface area contributed by atoms with Crippen LogP contribution in [0.1, 0.15) is 20.8 Å². The van der Waals surface area contributed by atoms with Crippen LogP contribution in [-0.4, -0.2) is 42.3 Å². The summed E-state index contributed by atoms with van der Waals surface area (Å²) in [6.45, 7) is 5.48. The summed E-state index contributed by atoms with van der Waals surface area (Å²) < 4.78 is 24.9. The van der Waals surface area contributed by atoms with Crippen molar-refractivity contribution in [1.29, 1.82) is 0 Å². The maximum atomic E-state index is 12.4. The van der Waals surface area contributed by atoms with Gasteiger partial charge >= 0.3 is 0 Å². The normalized spacial score (nSPS) is 27.5. The number of rotatable bonds is 1. The highest BCUT2D eigenvalue weighted by molar-refractivity contribution is 9.10. The fourth-order valence-electron chi connectivity index (χ4n) is 2.75. The van der Waals surface area contributed by atoms with Crippen LogP contribution >= 0.6 is 27.7 Å². The van der Waals surface area contributed by atoms with E-state index in [1.54, 1.807) is 0 Å². The highest BCUT2D eigenvalue weighted by Gasteiger charge is 2.49. The van der Waals surface area contributed by atoms with E-state index in [0.29, 0.717) is 5.17 Å². The molecule has 2 aliphatic rings. The molecule has 2 heterocycles. The van der Waals surface area contributed by atoms with Gasteiger partial charge < -0.3 is 4.90 Å². The predicted molar refractivity (Wildman–Crippen MR) is 102 cm³/mol. The van der Waals surface area contributed by atoms with E-state index in [4.69, 9.17) is 0 Å². The van der Waals surface area contributed by atoms with Crippen molar-refractivity contribution in [3.05, 3.63) is 28.7 Å². The number of hydrogen-bond acceptors (Lipinski definition) is 4. The summed E-state index contributed by atoms with van der Waals surface area (Å²) in [4.78, 5) is 18.6. The van der Waals surface area contributed by atoms with Crippen LogP contribution in [0, 0.1) is 5.41 Å². The number of aliphatic imine (C=N–C) groups is 1. The first kappa shape index (κ1) is 17.9. The van der Waals surface area contributed by atoms with Gasteiger partial charge in [0.25, 0.3) is 5.91 Å². The van der Waals surface area contributed by atoms with Crippen molar-refractivity contribution in [2.75, 3.05) is 16.4 Å². The first-order chi connectivity index (χ1) is 11.1. The largest absolute Gasteiger partial charge is 0.316 e. The Hall–Kier alpha value is -0.860. The van der Waals surface area contributed by atoms with Crippen LogP contribution < -0.4 is 4.90 Å². The van der Waals surface area contributed by atoms with Crippen LogP contribution in [0.15, 0.2) is 33.7 Å². The third kappa shape index (κ3) is 3.55. The molecule has 24 heavy (non-hydrogen) atoms. The van der Waals surface area contributed by atoms with Crippen molar-refractivity contribution < 1.29 is 13.2 Å². The molecule has 2 aliphatic heterocycles. The molecule has 1 amide bonds. The minimum absolute atomic E-state index is 0.0829. The fourth-order valence-corrected chi connectivity index (χ4v) is 7.05. The number of carbonyl (C=O) groups is 1. The average Bonchev–Trinajstić information content (AvgIpc) is 2.88. The number of amidine groups is 1. The van der Waals surface area contributed by atoms with Gasteiger partial charge in [-0.3, -0.25) is 4.79 Å².